The number of nitrogen functional groups attached to an aromatic ring is 1. The van der Waals surface area contributed by atoms with Gasteiger partial charge in [0.05, 0.1) is 19.8 Å². The minimum atomic E-state index is -0.464. The minimum Gasteiger partial charge on any atom is -0.493 e. The number of nitrogens with zero attached hydrogens (tertiary/aromatic N) is 1. The van der Waals surface area contributed by atoms with E-state index in [-0.39, 0.29) is 23.8 Å². The molecule has 0 saturated carbocycles. The molecule has 0 bridgehead atoms. The van der Waals surface area contributed by atoms with Crippen molar-refractivity contribution in [2.24, 2.45) is 0 Å². The van der Waals surface area contributed by atoms with E-state index in [1.54, 1.807) is 13.2 Å². The lowest BCUT2D eigenvalue weighted by atomic mass is 10.0. The van der Waals surface area contributed by atoms with Crippen LogP contribution in [-0.4, -0.2) is 29.3 Å². The Bertz CT molecular complexity index is 725. The van der Waals surface area contributed by atoms with Crippen LogP contribution < -0.4 is 20.8 Å². The van der Waals surface area contributed by atoms with Crippen LogP contribution in [0.3, 0.4) is 0 Å². The predicted molar refractivity (Wildman–Crippen MR) is 78.0 cm³/mol. The van der Waals surface area contributed by atoms with Gasteiger partial charge in [-0.2, -0.15) is 4.98 Å². The number of rotatable bonds is 4. The van der Waals surface area contributed by atoms with Crippen LogP contribution in [0.2, 0.25) is 0 Å². The van der Waals surface area contributed by atoms with Gasteiger partial charge in [0.25, 0.3) is 5.56 Å². The number of nitrogens with one attached hydrogen (secondary N) is 1. The Hall–Kier alpha value is -2.70. The molecular formula is C14H17N3O4. The summed E-state index contributed by atoms with van der Waals surface area (Å²) in [4.78, 5) is 17.9. The highest BCUT2D eigenvalue weighted by Crippen LogP contribution is 2.31. The topological polar surface area (TPSA) is 110 Å². The van der Waals surface area contributed by atoms with Gasteiger partial charge in [-0.25, -0.2) is 0 Å². The molecular weight excluding hydrogens is 274 g/mol. The molecule has 112 valence electrons. The van der Waals surface area contributed by atoms with Crippen molar-refractivity contribution in [2.45, 2.75) is 13.3 Å². The molecule has 0 aliphatic carbocycles. The zero-order valence-corrected chi connectivity index (χ0v) is 12.1. The smallest absolute Gasteiger partial charge is 0.259 e. The molecule has 7 nitrogen and oxygen atoms in total. The fourth-order valence-electron chi connectivity index (χ4n) is 2.07. The number of aryl methyl sites for hydroxylation is 1. The van der Waals surface area contributed by atoms with E-state index in [0.717, 1.165) is 11.1 Å². The summed E-state index contributed by atoms with van der Waals surface area (Å²) in [5.74, 6) is 0.667. The van der Waals surface area contributed by atoms with E-state index >= 15 is 0 Å². The molecule has 0 aliphatic rings. The summed E-state index contributed by atoms with van der Waals surface area (Å²) in [6.45, 7) is 1.88. The Labute approximate surface area is 121 Å². The van der Waals surface area contributed by atoms with Crippen molar-refractivity contribution in [1.82, 2.24) is 9.97 Å². The number of anilines is 1. The first kappa shape index (κ1) is 14.7. The maximum absolute atomic E-state index is 11.9. The zero-order chi connectivity index (χ0) is 15.6. The van der Waals surface area contributed by atoms with Crippen LogP contribution in [0.5, 0.6) is 17.4 Å². The molecule has 1 aromatic carbocycles. The van der Waals surface area contributed by atoms with Crippen LogP contribution in [0.4, 0.5) is 5.95 Å². The second kappa shape index (κ2) is 5.74. The van der Waals surface area contributed by atoms with Gasteiger partial charge in [0.1, 0.15) is 0 Å². The number of nitrogens with two attached hydrogens (primary N) is 1. The first-order valence-electron chi connectivity index (χ1n) is 6.25. The number of aromatic amines is 1. The third-order valence-corrected chi connectivity index (χ3v) is 3.22. The van der Waals surface area contributed by atoms with Crippen molar-refractivity contribution in [1.29, 1.82) is 0 Å². The molecule has 0 aliphatic heterocycles. The summed E-state index contributed by atoms with van der Waals surface area (Å²) >= 11 is 0. The number of H-pyrrole nitrogens is 1. The van der Waals surface area contributed by atoms with Gasteiger partial charge in [-0.1, -0.05) is 0 Å². The molecule has 2 aromatic rings. The molecule has 0 fully saturated rings. The molecule has 0 amide bonds. The summed E-state index contributed by atoms with van der Waals surface area (Å²) in [6, 6.07) is 3.58. The molecule has 0 atom stereocenters. The highest BCUT2D eigenvalue weighted by molar-refractivity contribution is 5.49. The highest BCUT2D eigenvalue weighted by atomic mass is 16.5. The van der Waals surface area contributed by atoms with E-state index in [1.807, 2.05) is 13.0 Å². The third kappa shape index (κ3) is 2.91. The quantitative estimate of drug-likeness (QED) is 0.774. The van der Waals surface area contributed by atoms with Crippen LogP contribution in [0, 0.1) is 6.92 Å². The van der Waals surface area contributed by atoms with Crippen molar-refractivity contribution in [2.75, 3.05) is 20.0 Å². The van der Waals surface area contributed by atoms with Crippen LogP contribution in [0.1, 0.15) is 16.7 Å². The first-order valence-corrected chi connectivity index (χ1v) is 6.25. The van der Waals surface area contributed by atoms with Gasteiger partial charge in [-0.3, -0.25) is 9.78 Å². The van der Waals surface area contributed by atoms with Crippen molar-refractivity contribution in [3.8, 4) is 17.4 Å². The average Bonchev–Trinajstić information content (AvgIpc) is 2.43. The number of benzene rings is 1. The van der Waals surface area contributed by atoms with Crippen LogP contribution >= 0.6 is 0 Å². The number of hydrogen-bond donors (Lipinski definition) is 3. The molecule has 0 radical (unpaired) electrons. The van der Waals surface area contributed by atoms with E-state index in [1.165, 1.54) is 7.11 Å². The second-order valence-corrected chi connectivity index (χ2v) is 4.56. The lowest BCUT2D eigenvalue weighted by Gasteiger charge is -2.13. The molecule has 1 heterocycles. The van der Waals surface area contributed by atoms with E-state index < -0.39 is 5.56 Å². The van der Waals surface area contributed by atoms with Gasteiger partial charge in [-0.05, 0) is 30.2 Å². The fraction of sp³-hybridized carbons (Fsp3) is 0.286. The van der Waals surface area contributed by atoms with Gasteiger partial charge >= 0.3 is 0 Å². The van der Waals surface area contributed by atoms with E-state index in [9.17, 15) is 9.90 Å². The van der Waals surface area contributed by atoms with E-state index in [4.69, 9.17) is 15.2 Å². The number of methoxy groups -OCH3 is 2. The SMILES string of the molecule is COc1cc(C)c(Cc2c(O)nc(N)[nH]c2=O)cc1OC. The van der Waals surface area contributed by atoms with Gasteiger partial charge in [0.15, 0.2) is 11.5 Å². The molecule has 1 aromatic heterocycles. The van der Waals surface area contributed by atoms with Crippen molar-refractivity contribution < 1.29 is 14.6 Å². The Morgan fingerprint density at radius 1 is 1.29 bits per heavy atom. The Morgan fingerprint density at radius 2 is 1.90 bits per heavy atom. The monoisotopic (exact) mass is 291 g/mol. The fourth-order valence-corrected chi connectivity index (χ4v) is 2.07. The summed E-state index contributed by atoms with van der Waals surface area (Å²) in [7, 11) is 3.09. The van der Waals surface area contributed by atoms with E-state index in [0.29, 0.717) is 11.5 Å². The van der Waals surface area contributed by atoms with Crippen molar-refractivity contribution >= 4 is 5.95 Å². The first-order chi connectivity index (χ1) is 9.96. The minimum absolute atomic E-state index is 0.120. The van der Waals surface area contributed by atoms with Crippen molar-refractivity contribution in [3.05, 3.63) is 39.2 Å². The predicted octanol–water partition coefficient (Wildman–Crippen LogP) is 0.974. The van der Waals surface area contributed by atoms with Gasteiger partial charge in [0.2, 0.25) is 11.8 Å². The van der Waals surface area contributed by atoms with E-state index in [2.05, 4.69) is 9.97 Å². The number of ether oxygens (including phenoxy) is 2. The summed E-state index contributed by atoms with van der Waals surface area (Å²) < 4.78 is 10.5. The second-order valence-electron chi connectivity index (χ2n) is 4.56. The lowest BCUT2D eigenvalue weighted by molar-refractivity contribution is 0.354. The van der Waals surface area contributed by atoms with Gasteiger partial charge in [0, 0.05) is 6.42 Å². The van der Waals surface area contributed by atoms with Gasteiger partial charge < -0.3 is 20.3 Å². The largest absolute Gasteiger partial charge is 0.493 e. The van der Waals surface area contributed by atoms with Crippen LogP contribution in [0.25, 0.3) is 0 Å². The standard InChI is InChI=1S/C14H17N3O4/c1-7-4-10(20-2)11(21-3)6-8(7)5-9-12(18)16-14(15)17-13(9)19/h4,6H,5H2,1-3H3,(H4,15,16,17,18,19). The Balaban J connectivity index is 2.47. The third-order valence-electron chi connectivity index (χ3n) is 3.22. The molecule has 4 N–H and O–H groups in total. The van der Waals surface area contributed by atoms with Crippen LogP contribution in [0.15, 0.2) is 16.9 Å². The normalized spacial score (nSPS) is 10.4. The average molecular weight is 291 g/mol. The highest BCUT2D eigenvalue weighted by Gasteiger charge is 2.14. The maximum atomic E-state index is 11.9. The molecule has 2 rings (SSSR count). The maximum Gasteiger partial charge on any atom is 0.259 e. The summed E-state index contributed by atoms with van der Waals surface area (Å²) in [6.07, 6.45) is 0.209. The number of aromatic nitrogens is 2. The Kier molecular flexibility index (Phi) is 4.02. The molecule has 21 heavy (non-hydrogen) atoms. The molecule has 0 unspecified atom stereocenters. The lowest BCUT2D eigenvalue weighted by Crippen LogP contribution is -2.17. The van der Waals surface area contributed by atoms with Gasteiger partial charge in [-0.15, -0.1) is 0 Å². The Morgan fingerprint density at radius 3 is 2.48 bits per heavy atom. The number of hydrogen-bond acceptors (Lipinski definition) is 6. The molecule has 0 saturated heterocycles. The summed E-state index contributed by atoms with van der Waals surface area (Å²) in [5, 5.41) is 9.78. The molecule has 0 spiro atoms. The molecule has 7 heteroatoms. The zero-order valence-electron chi connectivity index (χ0n) is 12.1. The van der Waals surface area contributed by atoms with Crippen molar-refractivity contribution in [3.63, 3.8) is 0 Å². The summed E-state index contributed by atoms with van der Waals surface area (Å²) in [5.41, 5.74) is 6.79. The van der Waals surface area contributed by atoms with Crippen LogP contribution in [-0.2, 0) is 6.42 Å². The number of aromatic hydroxyl groups is 1.